The van der Waals surface area contributed by atoms with Gasteiger partial charge in [0.05, 0.1) is 20.0 Å². The number of nitrogens with zero attached hydrogens (tertiary/aromatic N) is 3. The number of benzene rings is 5. The number of rotatable bonds is 5. The summed E-state index contributed by atoms with van der Waals surface area (Å²) in [5.41, 5.74) is 7.42. The van der Waals surface area contributed by atoms with Gasteiger partial charge in [0.1, 0.15) is 5.58 Å². The number of hydrogen-bond donors (Lipinski definition) is 0. The van der Waals surface area contributed by atoms with Crippen molar-refractivity contribution in [3.05, 3.63) is 168 Å². The third kappa shape index (κ3) is 8.14. The maximum Gasteiger partial charge on any atom is 0.128 e. The fourth-order valence-electron chi connectivity index (χ4n) is 7.07. The number of pyridine rings is 2. The standard InChI is InChI=1S/C39H33N2O.C12H10N.Ir/c1-25-24-41-36(22-35(25)30-16-14-27(15-17-30)28-18-20-39(2,3)21-19-28)34-9-5-8-33-32-7-4-6-31(37(32)42-38(33)34)29-12-10-26(23-40)11-13-29;1-10-7-8-12(13-9-10)11-5-3-2-4-6-11;/h4-8,10-17,22,24,28H,18-21H2,1-3H3;2-5,7-9H,1H3;/q2*-1;/i1D3,16D,17D,28D;1D3;. The molecule has 3 heterocycles. The Morgan fingerprint density at radius 1 is 0.786 bits per heavy atom. The zero-order valence-corrected chi connectivity index (χ0v) is 33.4. The van der Waals surface area contributed by atoms with Gasteiger partial charge in [-0.2, -0.15) is 5.26 Å². The molecule has 0 N–H and O–H groups in total. The molecule has 0 saturated heterocycles. The first-order chi connectivity index (χ1) is 30.3. The zero-order valence-electron chi connectivity index (χ0n) is 40.0. The topological polar surface area (TPSA) is 62.7 Å². The molecule has 0 unspecified atom stereocenters. The molecule has 8 aromatic rings. The number of aryl methyl sites for hydroxylation is 2. The van der Waals surface area contributed by atoms with Crippen molar-refractivity contribution in [1.82, 2.24) is 9.97 Å². The van der Waals surface area contributed by atoms with Gasteiger partial charge < -0.3 is 14.4 Å². The quantitative estimate of drug-likeness (QED) is 0.161. The molecule has 1 radical (unpaired) electrons. The van der Waals surface area contributed by atoms with E-state index in [1.54, 1.807) is 54.6 Å². The van der Waals surface area contributed by atoms with Crippen LogP contribution in [0.5, 0.6) is 0 Å². The first kappa shape index (κ1) is 28.7. The summed E-state index contributed by atoms with van der Waals surface area (Å²) in [6.45, 7) is -0.228. The van der Waals surface area contributed by atoms with E-state index in [0.29, 0.717) is 46.4 Å². The van der Waals surface area contributed by atoms with Crippen LogP contribution in [0.2, 0.25) is 0 Å². The van der Waals surface area contributed by atoms with Crippen molar-refractivity contribution < 1.29 is 36.9 Å². The van der Waals surface area contributed by atoms with Crippen LogP contribution < -0.4 is 0 Å². The fourth-order valence-corrected chi connectivity index (χ4v) is 7.07. The molecule has 0 spiro atoms. The molecule has 1 fully saturated rings. The van der Waals surface area contributed by atoms with E-state index in [9.17, 15) is 6.63 Å². The smallest absolute Gasteiger partial charge is 0.128 e. The zero-order chi connectivity index (χ0) is 45.6. The summed E-state index contributed by atoms with van der Waals surface area (Å²) in [5, 5.41) is 11.0. The van der Waals surface area contributed by atoms with Crippen LogP contribution in [-0.4, -0.2) is 9.97 Å². The Bertz CT molecular complexity index is 3010. The average Bonchev–Trinajstić information content (AvgIpc) is 3.67. The predicted molar refractivity (Wildman–Crippen MR) is 224 cm³/mol. The predicted octanol–water partition coefficient (Wildman–Crippen LogP) is 13.5. The van der Waals surface area contributed by atoms with Crippen molar-refractivity contribution in [3.8, 4) is 50.8 Å². The van der Waals surface area contributed by atoms with E-state index in [0.717, 1.165) is 46.0 Å². The Morgan fingerprint density at radius 3 is 2.27 bits per heavy atom. The van der Waals surface area contributed by atoms with E-state index in [1.165, 1.54) is 12.4 Å². The molecule has 0 aliphatic heterocycles. The third-order valence-electron chi connectivity index (χ3n) is 10.3. The molecule has 56 heavy (non-hydrogen) atoms. The minimum Gasteiger partial charge on any atom is -0.500 e. The molecule has 1 aliphatic carbocycles. The van der Waals surface area contributed by atoms with Crippen LogP contribution in [0.1, 0.15) is 80.0 Å². The van der Waals surface area contributed by atoms with Gasteiger partial charge in [0.25, 0.3) is 0 Å². The van der Waals surface area contributed by atoms with Crippen LogP contribution in [-0.2, 0) is 20.1 Å². The number of hydrogen-bond acceptors (Lipinski definition) is 4. The Morgan fingerprint density at radius 2 is 1.57 bits per heavy atom. The molecule has 4 nitrogen and oxygen atoms in total. The van der Waals surface area contributed by atoms with Gasteiger partial charge in [0.2, 0.25) is 0 Å². The largest absolute Gasteiger partial charge is 0.500 e. The Hall–Kier alpha value is -5.66. The average molecular weight is 915 g/mol. The number of aromatic nitrogens is 2. The Kier molecular flexibility index (Phi) is 8.51. The van der Waals surface area contributed by atoms with Crippen molar-refractivity contribution in [2.45, 2.75) is 59.1 Å². The molecule has 1 saturated carbocycles. The number of furan rings is 1. The summed E-state index contributed by atoms with van der Waals surface area (Å²) in [6, 6.07) is 40.9. The number of para-hydroxylation sites is 1. The van der Waals surface area contributed by atoms with E-state index in [1.807, 2.05) is 54.6 Å². The molecule has 0 amide bonds. The minimum atomic E-state index is -2.55. The van der Waals surface area contributed by atoms with Gasteiger partial charge in [0, 0.05) is 53.0 Å². The molecular formula is C51H43IrN3O-2. The maximum atomic E-state index is 9.24. The monoisotopic (exact) mass is 915 g/mol. The SMILES string of the molecule is [2H]C([2H])([2H])c1ccc(-c2[c-]cccc2)nc1.[2H]c1cc(C2([2H])CCC(C)(C)CC2)cc([2H])c1-c1cc(-c2[c-]ccc3c2oc2c(-c4ccc(C#N)cc4)cccc23)ncc1C([2H])([2H])[2H].[Ir]. The summed E-state index contributed by atoms with van der Waals surface area (Å²) in [5.74, 6) is -0.890. The van der Waals surface area contributed by atoms with Crippen LogP contribution in [0.4, 0.5) is 0 Å². The van der Waals surface area contributed by atoms with Gasteiger partial charge in [0.15, 0.2) is 0 Å². The molecule has 5 aromatic carbocycles. The van der Waals surface area contributed by atoms with E-state index < -0.39 is 19.6 Å². The van der Waals surface area contributed by atoms with Crippen LogP contribution in [0.25, 0.3) is 66.7 Å². The second-order valence-electron chi connectivity index (χ2n) is 14.6. The van der Waals surface area contributed by atoms with E-state index in [4.69, 9.17) is 15.4 Å². The second-order valence-corrected chi connectivity index (χ2v) is 14.6. The maximum absolute atomic E-state index is 9.24. The summed E-state index contributed by atoms with van der Waals surface area (Å²) in [4.78, 5) is 8.69. The molecule has 0 bridgehead atoms. The number of fused-ring (bicyclic) bond motifs is 3. The normalized spacial score (nSPS) is 17.1. The Balaban J connectivity index is 0.000000313. The van der Waals surface area contributed by atoms with Gasteiger partial charge in [-0.3, -0.25) is 0 Å². The van der Waals surface area contributed by atoms with E-state index in [-0.39, 0.29) is 59.9 Å². The second kappa shape index (κ2) is 16.6. The van der Waals surface area contributed by atoms with E-state index >= 15 is 0 Å². The fraction of sp³-hybridized carbons (Fsp3) is 0.196. The van der Waals surface area contributed by atoms with Crippen LogP contribution in [0.15, 0.2) is 138 Å². The molecule has 9 rings (SSSR count). The van der Waals surface area contributed by atoms with Crippen LogP contribution in [0.3, 0.4) is 0 Å². The molecule has 3 aromatic heterocycles. The summed E-state index contributed by atoms with van der Waals surface area (Å²) >= 11 is 0. The molecule has 0 atom stereocenters. The first-order valence-electron chi connectivity index (χ1n) is 22.8. The molecular weight excluding hydrogens is 863 g/mol. The summed E-state index contributed by atoms with van der Waals surface area (Å²) < 4.78 is 80.4. The van der Waals surface area contributed by atoms with Gasteiger partial charge in [-0.1, -0.05) is 97.5 Å². The molecule has 279 valence electrons. The third-order valence-corrected chi connectivity index (χ3v) is 10.3. The van der Waals surface area contributed by atoms with Gasteiger partial charge in [-0.05, 0) is 108 Å². The molecule has 1 aliphatic rings. The van der Waals surface area contributed by atoms with Crippen molar-refractivity contribution in [2.75, 3.05) is 0 Å². The number of nitriles is 1. The Labute approximate surface area is 356 Å². The van der Waals surface area contributed by atoms with Crippen molar-refractivity contribution in [1.29, 1.82) is 5.26 Å². The summed E-state index contributed by atoms with van der Waals surface area (Å²) in [7, 11) is 0. The van der Waals surface area contributed by atoms with Gasteiger partial charge >= 0.3 is 0 Å². The van der Waals surface area contributed by atoms with Crippen molar-refractivity contribution in [2.24, 2.45) is 5.41 Å². The van der Waals surface area contributed by atoms with E-state index in [2.05, 4.69) is 42.0 Å². The minimum absolute atomic E-state index is 0. The first-order valence-corrected chi connectivity index (χ1v) is 18.3. The van der Waals surface area contributed by atoms with Crippen LogP contribution >= 0.6 is 0 Å². The summed E-state index contributed by atoms with van der Waals surface area (Å²) in [6.07, 6.45) is 5.74. The van der Waals surface area contributed by atoms with Crippen molar-refractivity contribution >= 4 is 21.9 Å². The molecule has 5 heteroatoms. The van der Waals surface area contributed by atoms with Gasteiger partial charge in [-0.15, -0.1) is 54.1 Å². The van der Waals surface area contributed by atoms with Crippen molar-refractivity contribution in [3.63, 3.8) is 0 Å². The van der Waals surface area contributed by atoms with Gasteiger partial charge in [-0.25, -0.2) is 0 Å². The van der Waals surface area contributed by atoms with Crippen LogP contribution in [0, 0.1) is 42.6 Å².